The maximum atomic E-state index is 10.4. The van der Waals surface area contributed by atoms with Gasteiger partial charge in [-0.05, 0) is 23.8 Å². The molecule has 1 heterocycles. The van der Waals surface area contributed by atoms with Crippen molar-refractivity contribution in [2.75, 3.05) is 0 Å². The molecular formula is C17H12O2. The molecule has 0 unspecified atom stereocenters. The zero-order valence-corrected chi connectivity index (χ0v) is 10.2. The summed E-state index contributed by atoms with van der Waals surface area (Å²) in [5, 5.41) is 0. The lowest BCUT2D eigenvalue weighted by Crippen LogP contribution is -2.01. The summed E-state index contributed by atoms with van der Waals surface area (Å²) in [5.41, 5.74) is 3.14. The van der Waals surface area contributed by atoms with Crippen molar-refractivity contribution in [1.82, 2.24) is 0 Å². The highest BCUT2D eigenvalue weighted by Gasteiger charge is 2.20. The lowest BCUT2D eigenvalue weighted by molar-refractivity contribution is -0.104. The van der Waals surface area contributed by atoms with Crippen LogP contribution in [0.5, 0.6) is 11.5 Å². The number of hydrogen-bond acceptors (Lipinski definition) is 2. The molecule has 0 bridgehead atoms. The summed E-state index contributed by atoms with van der Waals surface area (Å²) in [4.78, 5) is 10.4. The van der Waals surface area contributed by atoms with E-state index in [1.807, 2.05) is 54.6 Å². The monoisotopic (exact) mass is 248 g/mol. The Morgan fingerprint density at radius 2 is 1.37 bits per heavy atom. The predicted molar refractivity (Wildman–Crippen MR) is 75.2 cm³/mol. The highest BCUT2D eigenvalue weighted by molar-refractivity contribution is 5.88. The molecule has 0 atom stereocenters. The normalized spacial score (nSPS) is 12.5. The third-order valence-electron chi connectivity index (χ3n) is 3.03. The number of para-hydroxylation sites is 2. The summed E-state index contributed by atoms with van der Waals surface area (Å²) >= 11 is 0. The maximum absolute atomic E-state index is 10.4. The third kappa shape index (κ3) is 2.08. The minimum absolute atomic E-state index is 0.772. The first-order chi connectivity index (χ1) is 9.40. The van der Waals surface area contributed by atoms with Crippen LogP contribution >= 0.6 is 0 Å². The number of rotatable bonds is 2. The molecular weight excluding hydrogens is 236 g/mol. The Morgan fingerprint density at radius 3 is 1.95 bits per heavy atom. The van der Waals surface area contributed by atoms with E-state index in [1.54, 1.807) is 6.08 Å². The topological polar surface area (TPSA) is 26.3 Å². The van der Waals surface area contributed by atoms with Crippen LogP contribution in [0.4, 0.5) is 0 Å². The van der Waals surface area contributed by atoms with Crippen molar-refractivity contribution >= 4 is 11.9 Å². The summed E-state index contributed by atoms with van der Waals surface area (Å²) in [6.07, 6.45) is 5.94. The van der Waals surface area contributed by atoms with Crippen LogP contribution in [0.25, 0.3) is 5.57 Å². The maximum Gasteiger partial charge on any atom is 0.142 e. The smallest absolute Gasteiger partial charge is 0.142 e. The van der Waals surface area contributed by atoms with E-state index in [4.69, 9.17) is 4.74 Å². The van der Waals surface area contributed by atoms with Gasteiger partial charge in [0.25, 0.3) is 0 Å². The summed E-state index contributed by atoms with van der Waals surface area (Å²) in [6, 6.07) is 15.8. The van der Waals surface area contributed by atoms with Gasteiger partial charge in [0.05, 0.1) is 0 Å². The van der Waals surface area contributed by atoms with E-state index in [0.717, 1.165) is 34.5 Å². The second kappa shape index (κ2) is 4.94. The van der Waals surface area contributed by atoms with Crippen molar-refractivity contribution in [3.8, 4) is 11.5 Å². The van der Waals surface area contributed by atoms with Crippen LogP contribution in [-0.4, -0.2) is 6.29 Å². The molecule has 3 rings (SSSR count). The molecule has 2 nitrogen and oxygen atoms in total. The van der Waals surface area contributed by atoms with Crippen LogP contribution in [0.1, 0.15) is 11.1 Å². The molecule has 1 aliphatic heterocycles. The summed E-state index contributed by atoms with van der Waals surface area (Å²) in [5.74, 6) is 1.68. The van der Waals surface area contributed by atoms with Gasteiger partial charge in [0, 0.05) is 11.1 Å². The van der Waals surface area contributed by atoms with Gasteiger partial charge in [-0.15, -0.1) is 0 Å². The minimum atomic E-state index is 0.772. The fourth-order valence-electron chi connectivity index (χ4n) is 2.20. The van der Waals surface area contributed by atoms with Crippen molar-refractivity contribution in [3.63, 3.8) is 0 Å². The van der Waals surface area contributed by atoms with E-state index < -0.39 is 0 Å². The molecule has 19 heavy (non-hydrogen) atoms. The second-order valence-electron chi connectivity index (χ2n) is 4.20. The number of fused-ring (bicyclic) bond motifs is 2. The molecule has 0 radical (unpaired) electrons. The SMILES string of the molecule is O=C/C=C/C=C1c2ccccc2Oc2ccccc21. The van der Waals surface area contributed by atoms with E-state index in [0.29, 0.717) is 0 Å². The number of aldehydes is 1. The average molecular weight is 248 g/mol. The van der Waals surface area contributed by atoms with Crippen LogP contribution in [0, 0.1) is 0 Å². The van der Waals surface area contributed by atoms with Gasteiger partial charge in [0.15, 0.2) is 0 Å². The van der Waals surface area contributed by atoms with E-state index >= 15 is 0 Å². The van der Waals surface area contributed by atoms with Gasteiger partial charge in [-0.2, -0.15) is 0 Å². The highest BCUT2D eigenvalue weighted by atomic mass is 16.5. The Kier molecular flexibility index (Phi) is 2.99. The molecule has 92 valence electrons. The lowest BCUT2D eigenvalue weighted by Gasteiger charge is -2.22. The van der Waals surface area contributed by atoms with Crippen molar-refractivity contribution in [1.29, 1.82) is 0 Å². The minimum Gasteiger partial charge on any atom is -0.456 e. The zero-order valence-electron chi connectivity index (χ0n) is 10.2. The molecule has 0 N–H and O–H groups in total. The van der Waals surface area contributed by atoms with Gasteiger partial charge in [-0.1, -0.05) is 48.6 Å². The van der Waals surface area contributed by atoms with Gasteiger partial charge < -0.3 is 4.74 Å². The van der Waals surface area contributed by atoms with Gasteiger partial charge >= 0.3 is 0 Å². The van der Waals surface area contributed by atoms with Gasteiger partial charge in [-0.3, -0.25) is 4.79 Å². The molecule has 0 saturated carbocycles. The van der Waals surface area contributed by atoms with Crippen LogP contribution in [0.2, 0.25) is 0 Å². The van der Waals surface area contributed by atoms with Gasteiger partial charge in [0.1, 0.15) is 17.8 Å². The van der Waals surface area contributed by atoms with Crippen LogP contribution in [0.3, 0.4) is 0 Å². The number of carbonyl (C=O) groups is 1. The molecule has 0 aliphatic carbocycles. The Morgan fingerprint density at radius 1 is 0.789 bits per heavy atom. The first kappa shape index (κ1) is 11.5. The largest absolute Gasteiger partial charge is 0.456 e. The lowest BCUT2D eigenvalue weighted by atomic mass is 9.94. The summed E-state index contributed by atoms with van der Waals surface area (Å²) in [6.45, 7) is 0. The Bertz CT molecular complexity index is 634. The molecule has 1 aliphatic rings. The Labute approximate surface area is 111 Å². The summed E-state index contributed by atoms with van der Waals surface area (Å²) < 4.78 is 5.88. The van der Waals surface area contributed by atoms with Gasteiger partial charge in [-0.25, -0.2) is 0 Å². The van der Waals surface area contributed by atoms with E-state index in [1.165, 1.54) is 6.08 Å². The van der Waals surface area contributed by atoms with Crippen LogP contribution < -0.4 is 4.74 Å². The number of ether oxygens (including phenoxy) is 1. The first-order valence-electron chi connectivity index (χ1n) is 6.09. The third-order valence-corrected chi connectivity index (χ3v) is 3.03. The molecule has 2 heteroatoms. The van der Waals surface area contributed by atoms with Crippen LogP contribution in [-0.2, 0) is 4.79 Å². The second-order valence-corrected chi connectivity index (χ2v) is 4.20. The fraction of sp³-hybridized carbons (Fsp3) is 0. The first-order valence-corrected chi connectivity index (χ1v) is 6.09. The van der Waals surface area contributed by atoms with Crippen molar-refractivity contribution in [3.05, 3.63) is 77.9 Å². The van der Waals surface area contributed by atoms with E-state index in [9.17, 15) is 4.79 Å². The summed E-state index contributed by atoms with van der Waals surface area (Å²) in [7, 11) is 0. The standard InChI is InChI=1S/C17H12O2/c18-12-6-5-7-13-14-8-1-3-10-16(14)19-17-11-4-2-9-15(13)17/h1-12H/b6-5+. The molecule has 0 spiro atoms. The average Bonchev–Trinajstić information content (AvgIpc) is 2.46. The van der Waals surface area contributed by atoms with Crippen molar-refractivity contribution in [2.24, 2.45) is 0 Å². The Balaban J connectivity index is 2.19. The van der Waals surface area contributed by atoms with Gasteiger partial charge in [0.2, 0.25) is 0 Å². The molecule has 0 amide bonds. The molecule has 2 aromatic carbocycles. The Hall–Kier alpha value is -2.61. The number of carbonyl (C=O) groups excluding carboxylic acids is 1. The molecule has 0 fully saturated rings. The molecule has 2 aromatic rings. The predicted octanol–water partition coefficient (Wildman–Crippen LogP) is 3.98. The fourth-order valence-corrected chi connectivity index (χ4v) is 2.20. The molecule has 0 aromatic heterocycles. The van der Waals surface area contributed by atoms with E-state index in [-0.39, 0.29) is 0 Å². The number of allylic oxidation sites excluding steroid dienone is 3. The van der Waals surface area contributed by atoms with Crippen LogP contribution in [0.15, 0.2) is 66.8 Å². The van der Waals surface area contributed by atoms with E-state index in [2.05, 4.69) is 0 Å². The molecule has 0 saturated heterocycles. The zero-order chi connectivity index (χ0) is 13.1. The number of hydrogen-bond donors (Lipinski definition) is 0. The van der Waals surface area contributed by atoms with Crippen molar-refractivity contribution in [2.45, 2.75) is 0 Å². The van der Waals surface area contributed by atoms with Crippen molar-refractivity contribution < 1.29 is 9.53 Å². The quantitative estimate of drug-likeness (QED) is 0.506. The highest BCUT2D eigenvalue weighted by Crippen LogP contribution is 2.43. The number of benzene rings is 2.